The number of nitrogens with one attached hydrogen (secondary N) is 1. The molecule has 1 N–H and O–H groups in total. The van der Waals surface area contributed by atoms with E-state index in [0.29, 0.717) is 0 Å². The van der Waals surface area contributed by atoms with Crippen LogP contribution in [0.2, 0.25) is 0 Å². The molecule has 0 saturated heterocycles. The lowest BCUT2D eigenvalue weighted by Crippen LogP contribution is -2.02. The van der Waals surface area contributed by atoms with Crippen LogP contribution < -0.4 is 5.32 Å². The second-order valence-electron chi connectivity index (χ2n) is 4.67. The number of anilines is 1. The third kappa shape index (κ3) is 3.28. The predicted octanol–water partition coefficient (Wildman–Crippen LogP) is 3.35. The molecule has 0 aliphatic rings. The summed E-state index contributed by atoms with van der Waals surface area (Å²) in [6.45, 7) is 2.64. The zero-order valence-electron chi connectivity index (χ0n) is 11.5. The maximum absolute atomic E-state index is 3.98. The van der Waals surface area contributed by atoms with Crippen LogP contribution >= 0.6 is 15.9 Å². The summed E-state index contributed by atoms with van der Waals surface area (Å²) in [7, 11) is 0. The van der Waals surface area contributed by atoms with Crippen LogP contribution in [0.5, 0.6) is 0 Å². The monoisotopic (exact) mass is 343 g/mol. The molecular formula is C15H14BrN5. The highest BCUT2D eigenvalue weighted by Gasteiger charge is 2.04. The minimum Gasteiger partial charge on any atom is -0.381 e. The summed E-state index contributed by atoms with van der Waals surface area (Å²) in [5.41, 5.74) is 3.19. The Morgan fingerprint density at radius 3 is 2.76 bits per heavy atom. The number of tetrazole rings is 1. The molecule has 0 aliphatic carbocycles. The van der Waals surface area contributed by atoms with Gasteiger partial charge in [-0.05, 0) is 53.2 Å². The topological polar surface area (TPSA) is 55.6 Å². The first-order valence-electron chi connectivity index (χ1n) is 6.56. The van der Waals surface area contributed by atoms with E-state index in [4.69, 9.17) is 0 Å². The van der Waals surface area contributed by atoms with E-state index in [1.165, 1.54) is 5.56 Å². The fraction of sp³-hybridized carbons (Fsp3) is 0.133. The Morgan fingerprint density at radius 1 is 1.14 bits per heavy atom. The van der Waals surface area contributed by atoms with Gasteiger partial charge in [-0.1, -0.05) is 34.1 Å². The molecule has 0 amide bonds. The third-order valence-electron chi connectivity index (χ3n) is 3.10. The molecule has 2 aromatic carbocycles. The average Bonchev–Trinajstić information content (AvgIpc) is 2.92. The molecule has 5 nitrogen and oxygen atoms in total. The summed E-state index contributed by atoms with van der Waals surface area (Å²) in [4.78, 5) is 0. The first-order chi connectivity index (χ1) is 10.2. The molecule has 21 heavy (non-hydrogen) atoms. The summed E-state index contributed by atoms with van der Waals surface area (Å²) in [6, 6.07) is 16.3. The smallest absolute Gasteiger partial charge is 0.153 e. The normalized spacial score (nSPS) is 10.6. The second kappa shape index (κ2) is 6.05. The Bertz CT molecular complexity index is 753. The van der Waals surface area contributed by atoms with Crippen molar-refractivity contribution in [2.75, 3.05) is 5.32 Å². The van der Waals surface area contributed by atoms with Gasteiger partial charge in [-0.3, -0.25) is 0 Å². The van der Waals surface area contributed by atoms with E-state index >= 15 is 0 Å². The molecule has 3 aromatic rings. The molecule has 0 spiro atoms. The highest BCUT2D eigenvalue weighted by atomic mass is 79.9. The van der Waals surface area contributed by atoms with E-state index in [2.05, 4.69) is 48.9 Å². The van der Waals surface area contributed by atoms with Gasteiger partial charge in [-0.15, -0.1) is 5.10 Å². The van der Waals surface area contributed by atoms with E-state index in [9.17, 15) is 0 Å². The molecular weight excluding hydrogens is 330 g/mol. The van der Waals surface area contributed by atoms with Crippen molar-refractivity contribution >= 4 is 21.6 Å². The number of aromatic nitrogens is 4. The molecule has 1 aromatic heterocycles. The predicted molar refractivity (Wildman–Crippen MR) is 85.4 cm³/mol. The third-order valence-corrected chi connectivity index (χ3v) is 3.60. The number of halogens is 1. The first-order valence-corrected chi connectivity index (χ1v) is 7.35. The standard InChI is InChI=1S/C15H14BrN5/c1-11-18-19-20-21(11)15-7-3-6-14(9-15)17-10-12-4-2-5-13(16)8-12/h2-9,17H,10H2,1H3. The van der Waals surface area contributed by atoms with Crippen molar-refractivity contribution in [3.63, 3.8) is 0 Å². The van der Waals surface area contributed by atoms with Crippen molar-refractivity contribution in [2.45, 2.75) is 13.5 Å². The van der Waals surface area contributed by atoms with Crippen LogP contribution in [-0.4, -0.2) is 20.2 Å². The summed E-state index contributed by atoms with van der Waals surface area (Å²) >= 11 is 3.48. The van der Waals surface area contributed by atoms with Crippen molar-refractivity contribution < 1.29 is 0 Å². The van der Waals surface area contributed by atoms with Crippen LogP contribution in [0.3, 0.4) is 0 Å². The number of hydrogen-bond acceptors (Lipinski definition) is 4. The molecule has 0 fully saturated rings. The van der Waals surface area contributed by atoms with Gasteiger partial charge in [0.1, 0.15) is 0 Å². The highest BCUT2D eigenvalue weighted by molar-refractivity contribution is 9.10. The molecule has 6 heteroatoms. The molecule has 3 rings (SSSR count). The maximum atomic E-state index is 3.98. The highest BCUT2D eigenvalue weighted by Crippen LogP contribution is 2.17. The zero-order valence-corrected chi connectivity index (χ0v) is 13.1. The van der Waals surface area contributed by atoms with Gasteiger partial charge in [-0.25, -0.2) is 0 Å². The quantitative estimate of drug-likeness (QED) is 0.789. The SMILES string of the molecule is Cc1nnnn1-c1cccc(NCc2cccc(Br)c2)c1. The summed E-state index contributed by atoms with van der Waals surface area (Å²) in [6.07, 6.45) is 0. The van der Waals surface area contributed by atoms with Crippen LogP contribution in [-0.2, 0) is 6.54 Å². The lowest BCUT2D eigenvalue weighted by atomic mass is 10.2. The van der Waals surface area contributed by atoms with Gasteiger partial charge in [0.15, 0.2) is 5.82 Å². The molecule has 0 unspecified atom stereocenters. The summed E-state index contributed by atoms with van der Waals surface area (Å²) in [5.74, 6) is 0.763. The van der Waals surface area contributed by atoms with Crippen molar-refractivity contribution in [3.8, 4) is 5.69 Å². The fourth-order valence-electron chi connectivity index (χ4n) is 2.07. The molecule has 0 saturated carbocycles. The van der Waals surface area contributed by atoms with Crippen LogP contribution in [0.25, 0.3) is 5.69 Å². The Kier molecular flexibility index (Phi) is 3.96. The van der Waals surface area contributed by atoms with Gasteiger partial charge in [0.25, 0.3) is 0 Å². The van der Waals surface area contributed by atoms with Crippen LogP contribution in [0.4, 0.5) is 5.69 Å². The second-order valence-corrected chi connectivity index (χ2v) is 5.59. The Balaban J connectivity index is 1.76. The van der Waals surface area contributed by atoms with E-state index < -0.39 is 0 Å². The number of benzene rings is 2. The molecule has 0 atom stereocenters. The number of aryl methyl sites for hydroxylation is 1. The Morgan fingerprint density at radius 2 is 2.00 bits per heavy atom. The van der Waals surface area contributed by atoms with E-state index in [1.807, 2.05) is 43.3 Å². The molecule has 1 heterocycles. The number of nitrogens with zero attached hydrogens (tertiary/aromatic N) is 4. The molecule has 0 radical (unpaired) electrons. The zero-order chi connectivity index (χ0) is 14.7. The minimum atomic E-state index is 0.761. The molecule has 106 valence electrons. The largest absolute Gasteiger partial charge is 0.381 e. The van der Waals surface area contributed by atoms with Crippen molar-refractivity contribution in [1.29, 1.82) is 0 Å². The van der Waals surface area contributed by atoms with Crippen LogP contribution in [0, 0.1) is 6.92 Å². The minimum absolute atomic E-state index is 0.761. The fourth-order valence-corrected chi connectivity index (χ4v) is 2.52. The Labute approximate surface area is 131 Å². The van der Waals surface area contributed by atoms with E-state index in [1.54, 1.807) is 4.68 Å². The maximum Gasteiger partial charge on any atom is 0.153 e. The van der Waals surface area contributed by atoms with Gasteiger partial charge >= 0.3 is 0 Å². The van der Waals surface area contributed by atoms with Gasteiger partial charge < -0.3 is 5.32 Å². The van der Waals surface area contributed by atoms with Gasteiger partial charge in [0, 0.05) is 16.7 Å². The summed E-state index contributed by atoms with van der Waals surface area (Å²) < 4.78 is 2.80. The first kappa shape index (κ1) is 13.8. The lowest BCUT2D eigenvalue weighted by molar-refractivity contribution is 0.779. The van der Waals surface area contributed by atoms with Crippen LogP contribution in [0.15, 0.2) is 53.0 Å². The van der Waals surface area contributed by atoms with E-state index in [-0.39, 0.29) is 0 Å². The average molecular weight is 344 g/mol. The Hall–Kier alpha value is -2.21. The van der Waals surface area contributed by atoms with Crippen LogP contribution in [0.1, 0.15) is 11.4 Å². The number of rotatable bonds is 4. The summed E-state index contributed by atoms with van der Waals surface area (Å²) in [5, 5.41) is 15.0. The van der Waals surface area contributed by atoms with Gasteiger partial charge in [0.05, 0.1) is 5.69 Å². The van der Waals surface area contributed by atoms with Crippen molar-refractivity contribution in [1.82, 2.24) is 20.2 Å². The van der Waals surface area contributed by atoms with Gasteiger partial charge in [-0.2, -0.15) is 4.68 Å². The van der Waals surface area contributed by atoms with Crippen molar-refractivity contribution in [3.05, 3.63) is 64.4 Å². The van der Waals surface area contributed by atoms with Crippen molar-refractivity contribution in [2.24, 2.45) is 0 Å². The lowest BCUT2D eigenvalue weighted by Gasteiger charge is -2.09. The number of hydrogen-bond donors (Lipinski definition) is 1. The molecule has 0 aliphatic heterocycles. The molecule has 0 bridgehead atoms. The van der Waals surface area contributed by atoms with E-state index in [0.717, 1.165) is 28.2 Å². The van der Waals surface area contributed by atoms with Gasteiger partial charge in [0.2, 0.25) is 0 Å².